The van der Waals surface area contributed by atoms with Crippen LogP contribution in [0.5, 0.6) is 5.75 Å². The summed E-state index contributed by atoms with van der Waals surface area (Å²) >= 11 is 0. The zero-order valence-corrected chi connectivity index (χ0v) is 10.6. The van der Waals surface area contributed by atoms with Crippen LogP contribution in [0.1, 0.15) is 37.9 Å². The fourth-order valence-corrected chi connectivity index (χ4v) is 1.74. The Morgan fingerprint density at radius 3 is 2.89 bits per heavy atom. The molecule has 0 saturated heterocycles. The Kier molecular flexibility index (Phi) is 4.20. The molecule has 18 heavy (non-hydrogen) atoms. The molecule has 1 aliphatic rings. The molecule has 4 heteroatoms. The van der Waals surface area contributed by atoms with E-state index in [1.165, 1.54) is 0 Å². The van der Waals surface area contributed by atoms with Gasteiger partial charge in [-0.3, -0.25) is 4.79 Å². The molecule has 1 aromatic carbocycles. The lowest BCUT2D eigenvalue weighted by atomic mass is 10.1. The lowest BCUT2D eigenvalue weighted by Crippen LogP contribution is -2.26. The maximum Gasteiger partial charge on any atom is 0.223 e. The first-order chi connectivity index (χ1) is 8.66. The summed E-state index contributed by atoms with van der Waals surface area (Å²) in [5.74, 6) is 0.679. The van der Waals surface area contributed by atoms with E-state index < -0.39 is 6.10 Å². The summed E-state index contributed by atoms with van der Waals surface area (Å²) in [4.78, 5) is 11.5. The molecule has 98 valence electrons. The van der Waals surface area contributed by atoms with Crippen molar-refractivity contribution in [3.8, 4) is 5.75 Å². The van der Waals surface area contributed by atoms with Gasteiger partial charge in [0.1, 0.15) is 5.75 Å². The number of benzene rings is 1. The average Bonchev–Trinajstić information content (AvgIpc) is 3.13. The van der Waals surface area contributed by atoms with E-state index >= 15 is 0 Å². The van der Waals surface area contributed by atoms with Crippen LogP contribution in [-0.2, 0) is 4.79 Å². The van der Waals surface area contributed by atoms with Crippen molar-refractivity contribution in [1.29, 1.82) is 0 Å². The van der Waals surface area contributed by atoms with Crippen molar-refractivity contribution in [3.05, 3.63) is 29.8 Å². The highest BCUT2D eigenvalue weighted by Crippen LogP contribution is 2.24. The molecule has 0 radical (unpaired) electrons. The van der Waals surface area contributed by atoms with Gasteiger partial charge in [0, 0.05) is 11.6 Å². The number of nitrogens with one attached hydrogen (secondary N) is 1. The number of rotatable bonds is 6. The molecule has 0 bridgehead atoms. The van der Waals surface area contributed by atoms with Gasteiger partial charge in [-0.25, -0.2) is 0 Å². The zero-order chi connectivity index (χ0) is 13.0. The van der Waals surface area contributed by atoms with Crippen LogP contribution >= 0.6 is 0 Å². The third-order valence-corrected chi connectivity index (χ3v) is 2.90. The highest BCUT2D eigenvalue weighted by Gasteiger charge is 2.22. The molecular weight excluding hydrogens is 230 g/mol. The minimum Gasteiger partial charge on any atom is -0.493 e. The fourth-order valence-electron chi connectivity index (χ4n) is 1.74. The summed E-state index contributed by atoms with van der Waals surface area (Å²) < 4.78 is 5.55. The van der Waals surface area contributed by atoms with Crippen LogP contribution in [-0.4, -0.2) is 23.7 Å². The first kappa shape index (κ1) is 12.9. The van der Waals surface area contributed by atoms with Crippen molar-refractivity contribution < 1.29 is 14.6 Å². The molecule has 2 N–H and O–H groups in total. The topological polar surface area (TPSA) is 58.6 Å². The smallest absolute Gasteiger partial charge is 0.223 e. The molecule has 0 unspecified atom stereocenters. The largest absolute Gasteiger partial charge is 0.493 e. The Bertz CT molecular complexity index is 413. The van der Waals surface area contributed by atoms with Gasteiger partial charge < -0.3 is 15.2 Å². The van der Waals surface area contributed by atoms with Gasteiger partial charge in [-0.2, -0.15) is 0 Å². The summed E-state index contributed by atoms with van der Waals surface area (Å²) in [7, 11) is 0. The van der Waals surface area contributed by atoms with Gasteiger partial charge in [0.15, 0.2) is 0 Å². The summed E-state index contributed by atoms with van der Waals surface area (Å²) in [6.07, 6.45) is 1.97. The van der Waals surface area contributed by atoms with Gasteiger partial charge in [0.25, 0.3) is 0 Å². The Labute approximate surface area is 107 Å². The van der Waals surface area contributed by atoms with Crippen LogP contribution < -0.4 is 10.1 Å². The van der Waals surface area contributed by atoms with Crippen molar-refractivity contribution in [2.75, 3.05) is 6.61 Å². The summed E-state index contributed by atoms with van der Waals surface area (Å²) in [5.41, 5.74) is 0.750. The van der Waals surface area contributed by atoms with E-state index in [0.29, 0.717) is 24.8 Å². The molecule has 4 nitrogen and oxygen atoms in total. The second-order valence-corrected chi connectivity index (χ2v) is 4.65. The van der Waals surface area contributed by atoms with E-state index in [4.69, 9.17) is 4.74 Å². The number of amides is 1. The number of carbonyl (C=O) groups excluding carboxylic acids is 1. The molecule has 0 aliphatic heterocycles. The highest BCUT2D eigenvalue weighted by atomic mass is 16.5. The lowest BCUT2D eigenvalue weighted by molar-refractivity contribution is -0.121. The summed E-state index contributed by atoms with van der Waals surface area (Å²) in [5, 5.41) is 12.5. The molecule has 0 aromatic heterocycles. The molecule has 1 atom stereocenters. The Morgan fingerprint density at radius 1 is 1.50 bits per heavy atom. The second kappa shape index (κ2) is 5.87. The van der Waals surface area contributed by atoms with Gasteiger partial charge in [-0.15, -0.1) is 0 Å². The van der Waals surface area contributed by atoms with Gasteiger partial charge >= 0.3 is 0 Å². The number of aliphatic hydroxyl groups is 1. The molecule has 0 spiro atoms. The molecule has 1 amide bonds. The van der Waals surface area contributed by atoms with Gasteiger partial charge in [0.05, 0.1) is 19.1 Å². The molecular formula is C14H19NO3. The summed E-state index contributed by atoms with van der Waals surface area (Å²) in [6, 6.07) is 7.73. The lowest BCUT2D eigenvalue weighted by Gasteiger charge is -2.13. The maximum absolute atomic E-state index is 11.5. The number of carbonyl (C=O) groups is 1. The third-order valence-electron chi connectivity index (χ3n) is 2.90. The van der Waals surface area contributed by atoms with Crippen LogP contribution in [0.4, 0.5) is 0 Å². The van der Waals surface area contributed by atoms with Gasteiger partial charge in [0.2, 0.25) is 5.91 Å². The zero-order valence-electron chi connectivity index (χ0n) is 10.6. The maximum atomic E-state index is 11.5. The first-order valence-corrected chi connectivity index (χ1v) is 6.36. The number of hydrogen-bond acceptors (Lipinski definition) is 3. The van der Waals surface area contributed by atoms with Crippen molar-refractivity contribution in [2.45, 2.75) is 38.3 Å². The van der Waals surface area contributed by atoms with Crippen LogP contribution in [0.3, 0.4) is 0 Å². The first-order valence-electron chi connectivity index (χ1n) is 6.36. The van der Waals surface area contributed by atoms with E-state index in [-0.39, 0.29) is 5.91 Å². The molecule has 1 fully saturated rings. The number of hydrogen-bond donors (Lipinski definition) is 2. The monoisotopic (exact) mass is 249 g/mol. The van der Waals surface area contributed by atoms with Crippen LogP contribution in [0.25, 0.3) is 0 Å². The molecule has 1 saturated carbocycles. The predicted octanol–water partition coefficient (Wildman–Crippen LogP) is 1.79. The normalized spacial score (nSPS) is 16.1. The average molecular weight is 249 g/mol. The van der Waals surface area contributed by atoms with Crippen molar-refractivity contribution in [1.82, 2.24) is 5.32 Å². The quantitative estimate of drug-likeness (QED) is 0.808. The van der Waals surface area contributed by atoms with Crippen LogP contribution in [0.2, 0.25) is 0 Å². The van der Waals surface area contributed by atoms with E-state index in [1.54, 1.807) is 13.0 Å². The standard InChI is InChI=1S/C14H19NO3/c1-10(16)12-4-2-3-5-13(12)18-9-8-14(17)15-11-6-7-11/h2-5,10-11,16H,6-9H2,1H3,(H,15,17)/t10-/m1/s1. The minimum atomic E-state index is -0.568. The molecule has 1 aliphatic carbocycles. The van der Waals surface area contributed by atoms with Crippen LogP contribution in [0.15, 0.2) is 24.3 Å². The van der Waals surface area contributed by atoms with Gasteiger partial charge in [-0.05, 0) is 25.8 Å². The van der Waals surface area contributed by atoms with Crippen molar-refractivity contribution >= 4 is 5.91 Å². The molecule has 2 rings (SSSR count). The van der Waals surface area contributed by atoms with E-state index in [1.807, 2.05) is 18.2 Å². The predicted molar refractivity (Wildman–Crippen MR) is 68.4 cm³/mol. The Hall–Kier alpha value is -1.55. The van der Waals surface area contributed by atoms with Crippen molar-refractivity contribution in [2.24, 2.45) is 0 Å². The van der Waals surface area contributed by atoms with Crippen LogP contribution in [0, 0.1) is 0 Å². The van der Waals surface area contributed by atoms with Gasteiger partial charge in [-0.1, -0.05) is 18.2 Å². The number of para-hydroxylation sites is 1. The molecule has 0 heterocycles. The highest BCUT2D eigenvalue weighted by molar-refractivity contribution is 5.76. The minimum absolute atomic E-state index is 0.0343. The Balaban J connectivity index is 1.80. The van der Waals surface area contributed by atoms with E-state index in [0.717, 1.165) is 18.4 Å². The summed E-state index contributed by atoms with van der Waals surface area (Å²) in [6.45, 7) is 2.03. The van der Waals surface area contributed by atoms with Crippen molar-refractivity contribution in [3.63, 3.8) is 0 Å². The third kappa shape index (κ3) is 3.74. The second-order valence-electron chi connectivity index (χ2n) is 4.65. The number of aliphatic hydroxyl groups excluding tert-OH is 1. The number of ether oxygens (including phenoxy) is 1. The Morgan fingerprint density at radius 2 is 2.22 bits per heavy atom. The SMILES string of the molecule is C[C@@H](O)c1ccccc1OCCC(=O)NC1CC1. The fraction of sp³-hybridized carbons (Fsp3) is 0.500. The molecule has 1 aromatic rings. The van der Waals surface area contributed by atoms with E-state index in [2.05, 4.69) is 5.32 Å². The van der Waals surface area contributed by atoms with E-state index in [9.17, 15) is 9.90 Å².